The van der Waals surface area contributed by atoms with Gasteiger partial charge in [-0.25, -0.2) is 4.68 Å². The number of anilines is 1. The molecule has 15 heavy (non-hydrogen) atoms. The number of nitrogens with zero attached hydrogens (tertiary/aromatic N) is 2. The van der Waals surface area contributed by atoms with E-state index in [0.29, 0.717) is 18.5 Å². The van der Waals surface area contributed by atoms with Gasteiger partial charge < -0.3 is 10.8 Å². The molecule has 0 bridgehead atoms. The first-order chi connectivity index (χ1) is 7.11. The summed E-state index contributed by atoms with van der Waals surface area (Å²) in [5.74, 6) is 0. The molecule has 3 N–H and O–H groups in total. The van der Waals surface area contributed by atoms with Crippen LogP contribution in [0.1, 0.15) is 25.5 Å². The lowest BCUT2D eigenvalue weighted by Crippen LogP contribution is -2.18. The molecule has 0 saturated carbocycles. The Morgan fingerprint density at radius 2 is 2.13 bits per heavy atom. The van der Waals surface area contributed by atoms with Crippen LogP contribution < -0.4 is 11.3 Å². The molecule has 1 aromatic heterocycles. The zero-order chi connectivity index (χ0) is 11.0. The largest absolute Gasteiger partial charge is 0.393 e. The molecule has 0 fully saturated rings. The minimum absolute atomic E-state index is 0.0758. The fourth-order valence-electron chi connectivity index (χ4n) is 2.11. The van der Waals surface area contributed by atoms with Crippen LogP contribution in [0.15, 0.2) is 4.79 Å². The van der Waals surface area contributed by atoms with Crippen LogP contribution >= 0.6 is 0 Å². The Hall–Kier alpha value is -1.23. The first kappa shape index (κ1) is 10.3. The van der Waals surface area contributed by atoms with Crippen molar-refractivity contribution >= 4 is 5.69 Å². The van der Waals surface area contributed by atoms with Crippen LogP contribution in [-0.4, -0.2) is 20.6 Å². The van der Waals surface area contributed by atoms with Gasteiger partial charge in [0, 0.05) is 13.1 Å². The maximum absolute atomic E-state index is 11.7. The molecular weight excluding hydrogens is 194 g/mol. The molecule has 0 aliphatic carbocycles. The molecule has 0 amide bonds. The lowest BCUT2D eigenvalue weighted by Gasteiger charge is -2.07. The van der Waals surface area contributed by atoms with Crippen molar-refractivity contribution in [1.29, 1.82) is 0 Å². The summed E-state index contributed by atoms with van der Waals surface area (Å²) in [6.07, 6.45) is 1.97. The molecule has 84 valence electrons. The normalized spacial score (nSPS) is 16.7. The number of hydrogen-bond donors (Lipinski definition) is 2. The smallest absolute Gasteiger partial charge is 0.290 e. The molecular formula is C10H17N3O2. The van der Waals surface area contributed by atoms with Crippen molar-refractivity contribution in [1.82, 2.24) is 9.36 Å². The second-order valence-corrected chi connectivity index (χ2v) is 4.15. The number of aliphatic hydroxyl groups excluding tert-OH is 1. The molecule has 0 aromatic carbocycles. The number of rotatable bonds is 3. The van der Waals surface area contributed by atoms with Crippen LogP contribution in [0.4, 0.5) is 5.69 Å². The Morgan fingerprint density at radius 1 is 1.47 bits per heavy atom. The molecule has 0 radical (unpaired) electrons. The van der Waals surface area contributed by atoms with Crippen molar-refractivity contribution in [2.24, 2.45) is 0 Å². The summed E-state index contributed by atoms with van der Waals surface area (Å²) in [5, 5.41) is 9.22. The third-order valence-corrected chi connectivity index (χ3v) is 2.92. The summed E-state index contributed by atoms with van der Waals surface area (Å²) >= 11 is 0. The third-order valence-electron chi connectivity index (χ3n) is 2.92. The Bertz CT molecular complexity index is 417. The molecule has 0 saturated heterocycles. The third kappa shape index (κ3) is 1.67. The average Bonchev–Trinajstić information content (AvgIpc) is 2.71. The van der Waals surface area contributed by atoms with Crippen molar-refractivity contribution in [3.05, 3.63) is 16.0 Å². The topological polar surface area (TPSA) is 73.2 Å². The number of nitrogen functional groups attached to an aromatic ring is 1. The summed E-state index contributed by atoms with van der Waals surface area (Å²) in [7, 11) is 0. The van der Waals surface area contributed by atoms with Gasteiger partial charge in [0.15, 0.2) is 0 Å². The fourth-order valence-corrected chi connectivity index (χ4v) is 2.11. The van der Waals surface area contributed by atoms with Gasteiger partial charge >= 0.3 is 0 Å². The summed E-state index contributed by atoms with van der Waals surface area (Å²) < 4.78 is 3.66. The zero-order valence-electron chi connectivity index (χ0n) is 8.94. The number of aromatic nitrogens is 2. The Morgan fingerprint density at radius 3 is 2.80 bits per heavy atom. The van der Waals surface area contributed by atoms with Gasteiger partial charge in [-0.3, -0.25) is 9.48 Å². The Balaban J connectivity index is 2.31. The lowest BCUT2D eigenvalue weighted by atomic mass is 10.1. The minimum Gasteiger partial charge on any atom is -0.393 e. The van der Waals surface area contributed by atoms with E-state index >= 15 is 0 Å². The van der Waals surface area contributed by atoms with Crippen molar-refractivity contribution in [2.75, 3.05) is 5.73 Å². The highest BCUT2D eigenvalue weighted by Gasteiger charge is 2.20. The van der Waals surface area contributed by atoms with Gasteiger partial charge in [0.1, 0.15) is 5.69 Å². The molecule has 2 heterocycles. The minimum atomic E-state index is -0.350. The van der Waals surface area contributed by atoms with E-state index in [-0.39, 0.29) is 11.7 Å². The first-order valence-corrected chi connectivity index (χ1v) is 5.37. The highest BCUT2D eigenvalue weighted by Crippen LogP contribution is 2.17. The molecule has 5 heteroatoms. The van der Waals surface area contributed by atoms with Crippen molar-refractivity contribution in [3.8, 4) is 0 Å². The highest BCUT2D eigenvalue weighted by atomic mass is 16.3. The van der Waals surface area contributed by atoms with Crippen molar-refractivity contribution in [3.63, 3.8) is 0 Å². The van der Waals surface area contributed by atoms with E-state index in [1.54, 1.807) is 11.6 Å². The molecule has 2 rings (SSSR count). The summed E-state index contributed by atoms with van der Waals surface area (Å²) in [4.78, 5) is 11.7. The molecule has 5 nitrogen and oxygen atoms in total. The maximum Gasteiger partial charge on any atom is 0.290 e. The molecule has 1 aromatic rings. The number of hydrogen-bond acceptors (Lipinski definition) is 3. The van der Waals surface area contributed by atoms with Crippen LogP contribution in [0, 0.1) is 0 Å². The van der Waals surface area contributed by atoms with Gasteiger partial charge in [0.25, 0.3) is 5.56 Å². The van der Waals surface area contributed by atoms with Gasteiger partial charge in [-0.15, -0.1) is 0 Å². The molecule has 1 aliphatic heterocycles. The van der Waals surface area contributed by atoms with Crippen LogP contribution in [-0.2, 0) is 19.5 Å². The summed E-state index contributed by atoms with van der Waals surface area (Å²) in [6, 6.07) is 0. The Labute approximate surface area is 88.1 Å². The second kappa shape index (κ2) is 3.73. The molecule has 1 unspecified atom stereocenters. The zero-order valence-corrected chi connectivity index (χ0v) is 8.94. The van der Waals surface area contributed by atoms with Gasteiger partial charge in [-0.2, -0.15) is 0 Å². The van der Waals surface area contributed by atoms with Gasteiger partial charge in [-0.05, 0) is 26.2 Å². The summed E-state index contributed by atoms with van der Waals surface area (Å²) in [5.41, 5.74) is 6.93. The predicted octanol–water partition coefficient (Wildman–Crippen LogP) is -0.0509. The Kier molecular flexibility index (Phi) is 2.56. The van der Waals surface area contributed by atoms with Gasteiger partial charge in [0.05, 0.1) is 11.8 Å². The van der Waals surface area contributed by atoms with Crippen LogP contribution in [0.5, 0.6) is 0 Å². The van der Waals surface area contributed by atoms with Crippen molar-refractivity contribution < 1.29 is 5.11 Å². The van der Waals surface area contributed by atoms with E-state index in [0.717, 1.165) is 25.2 Å². The fraction of sp³-hybridized carbons (Fsp3) is 0.700. The number of nitrogens with two attached hydrogens (primary N) is 1. The van der Waals surface area contributed by atoms with E-state index in [2.05, 4.69) is 0 Å². The quantitative estimate of drug-likeness (QED) is 0.736. The van der Waals surface area contributed by atoms with Crippen LogP contribution in [0.25, 0.3) is 0 Å². The van der Waals surface area contributed by atoms with Gasteiger partial charge in [-0.1, -0.05) is 0 Å². The van der Waals surface area contributed by atoms with Crippen LogP contribution in [0.3, 0.4) is 0 Å². The first-order valence-electron chi connectivity index (χ1n) is 5.37. The van der Waals surface area contributed by atoms with Gasteiger partial charge in [0.2, 0.25) is 0 Å². The van der Waals surface area contributed by atoms with E-state index < -0.39 is 0 Å². The average molecular weight is 211 g/mol. The maximum atomic E-state index is 11.7. The molecule has 1 aliphatic rings. The van der Waals surface area contributed by atoms with E-state index in [1.165, 1.54) is 0 Å². The predicted molar refractivity (Wildman–Crippen MR) is 57.7 cm³/mol. The standard InChI is InChI=1S/C10H17N3O2/c1-7(14)3-4-8-9(11)10(15)13-6-2-5-12(8)13/h7,14H,2-6,11H2,1H3. The monoisotopic (exact) mass is 211 g/mol. The van der Waals surface area contributed by atoms with Crippen molar-refractivity contribution in [2.45, 2.75) is 45.4 Å². The van der Waals surface area contributed by atoms with E-state index in [9.17, 15) is 9.90 Å². The number of fused-ring (bicyclic) bond motifs is 1. The van der Waals surface area contributed by atoms with E-state index in [4.69, 9.17) is 5.73 Å². The molecule has 1 atom stereocenters. The number of aliphatic hydroxyl groups is 1. The van der Waals surface area contributed by atoms with E-state index in [1.807, 2.05) is 4.68 Å². The second-order valence-electron chi connectivity index (χ2n) is 4.15. The lowest BCUT2D eigenvalue weighted by molar-refractivity contribution is 0.184. The highest BCUT2D eigenvalue weighted by molar-refractivity contribution is 5.42. The van der Waals surface area contributed by atoms with Crippen LogP contribution in [0.2, 0.25) is 0 Å². The summed E-state index contributed by atoms with van der Waals surface area (Å²) in [6.45, 7) is 3.37. The SMILES string of the molecule is CC(O)CCc1c(N)c(=O)n2n1CCC2. The molecule has 0 spiro atoms.